The van der Waals surface area contributed by atoms with Crippen LogP contribution in [0, 0.1) is 0 Å². The molecule has 0 heterocycles. The third kappa shape index (κ3) is 7.56. The molecule has 0 aromatic heterocycles. The summed E-state index contributed by atoms with van der Waals surface area (Å²) in [5, 5.41) is 0. The van der Waals surface area contributed by atoms with Crippen molar-refractivity contribution in [3.8, 4) is 0 Å². The summed E-state index contributed by atoms with van der Waals surface area (Å²) in [7, 11) is 2.87. The molecule has 1 amide bonds. The maximum Gasteiger partial charge on any atom is 0.411 e. The standard InChI is InChI=1S/C19H29NO5/c1-19(2,3)25-18(22)20(13-14-23-4)16(17(21)24-5)12-11-15-9-7-6-8-10-15/h6-10,16H,11-14H2,1-5H3. The number of rotatable bonds is 8. The molecule has 0 fully saturated rings. The Balaban J connectivity index is 2.94. The molecular formula is C19H29NO5. The van der Waals surface area contributed by atoms with E-state index in [1.807, 2.05) is 30.3 Å². The molecular weight excluding hydrogens is 322 g/mol. The number of methoxy groups -OCH3 is 2. The minimum absolute atomic E-state index is 0.250. The zero-order valence-corrected chi connectivity index (χ0v) is 15.8. The SMILES string of the molecule is COCCN(C(=O)OC(C)(C)C)C(CCc1ccccc1)C(=O)OC. The van der Waals surface area contributed by atoms with Gasteiger partial charge in [-0.05, 0) is 39.2 Å². The molecule has 140 valence electrons. The Morgan fingerprint density at radius 3 is 2.28 bits per heavy atom. The third-order valence-corrected chi connectivity index (χ3v) is 3.56. The first-order valence-electron chi connectivity index (χ1n) is 8.38. The van der Waals surface area contributed by atoms with E-state index in [9.17, 15) is 9.59 Å². The molecule has 1 aromatic carbocycles. The predicted octanol–water partition coefficient (Wildman–Crippen LogP) is 3.04. The van der Waals surface area contributed by atoms with Crippen molar-refractivity contribution in [3.63, 3.8) is 0 Å². The fraction of sp³-hybridized carbons (Fsp3) is 0.579. The molecule has 0 aliphatic carbocycles. The molecule has 6 heteroatoms. The van der Waals surface area contributed by atoms with Crippen LogP contribution in [0.2, 0.25) is 0 Å². The van der Waals surface area contributed by atoms with Gasteiger partial charge in [0.1, 0.15) is 11.6 Å². The predicted molar refractivity (Wildman–Crippen MR) is 95.4 cm³/mol. The first-order valence-corrected chi connectivity index (χ1v) is 8.38. The molecule has 0 aliphatic rings. The molecule has 0 saturated heterocycles. The summed E-state index contributed by atoms with van der Waals surface area (Å²) < 4.78 is 15.4. The maximum absolute atomic E-state index is 12.6. The topological polar surface area (TPSA) is 65.1 Å². The van der Waals surface area contributed by atoms with Crippen LogP contribution < -0.4 is 0 Å². The number of nitrogens with zero attached hydrogens (tertiary/aromatic N) is 1. The van der Waals surface area contributed by atoms with E-state index in [0.717, 1.165) is 5.56 Å². The largest absolute Gasteiger partial charge is 0.467 e. The molecule has 0 radical (unpaired) electrons. The number of hydrogen-bond acceptors (Lipinski definition) is 5. The van der Waals surface area contributed by atoms with Crippen molar-refractivity contribution >= 4 is 12.1 Å². The van der Waals surface area contributed by atoms with Gasteiger partial charge in [-0.1, -0.05) is 30.3 Å². The van der Waals surface area contributed by atoms with E-state index in [2.05, 4.69) is 0 Å². The van der Waals surface area contributed by atoms with E-state index in [-0.39, 0.29) is 6.54 Å². The number of benzene rings is 1. The Morgan fingerprint density at radius 1 is 1.12 bits per heavy atom. The van der Waals surface area contributed by atoms with Gasteiger partial charge < -0.3 is 14.2 Å². The van der Waals surface area contributed by atoms with E-state index in [0.29, 0.717) is 19.4 Å². The smallest absolute Gasteiger partial charge is 0.411 e. The molecule has 1 atom stereocenters. The van der Waals surface area contributed by atoms with Crippen LogP contribution in [0.1, 0.15) is 32.8 Å². The second kappa shape index (κ2) is 10.0. The average molecular weight is 351 g/mol. The highest BCUT2D eigenvalue weighted by molar-refractivity contribution is 5.81. The van der Waals surface area contributed by atoms with Crippen molar-refractivity contribution in [1.82, 2.24) is 4.90 Å². The molecule has 0 spiro atoms. The lowest BCUT2D eigenvalue weighted by atomic mass is 10.0. The van der Waals surface area contributed by atoms with Crippen LogP contribution in [-0.4, -0.2) is 56.0 Å². The summed E-state index contributed by atoms with van der Waals surface area (Å²) in [6.45, 7) is 5.92. The maximum atomic E-state index is 12.6. The van der Waals surface area contributed by atoms with Gasteiger partial charge >= 0.3 is 12.1 Å². The Kier molecular flexibility index (Phi) is 8.41. The monoisotopic (exact) mass is 351 g/mol. The lowest BCUT2D eigenvalue weighted by Gasteiger charge is -2.32. The lowest BCUT2D eigenvalue weighted by molar-refractivity contribution is -0.147. The van der Waals surface area contributed by atoms with Crippen LogP contribution in [0.5, 0.6) is 0 Å². The second-order valence-corrected chi connectivity index (χ2v) is 6.73. The molecule has 0 saturated carbocycles. The third-order valence-electron chi connectivity index (χ3n) is 3.56. The van der Waals surface area contributed by atoms with Crippen molar-refractivity contribution in [2.45, 2.75) is 45.3 Å². The van der Waals surface area contributed by atoms with E-state index in [4.69, 9.17) is 14.2 Å². The van der Waals surface area contributed by atoms with Crippen LogP contribution >= 0.6 is 0 Å². The Hall–Kier alpha value is -2.08. The van der Waals surface area contributed by atoms with E-state index < -0.39 is 23.7 Å². The van der Waals surface area contributed by atoms with Crippen molar-refractivity contribution in [3.05, 3.63) is 35.9 Å². The number of ether oxygens (including phenoxy) is 3. The molecule has 1 rings (SSSR count). The van der Waals surface area contributed by atoms with Gasteiger partial charge in [-0.2, -0.15) is 0 Å². The number of carbonyl (C=O) groups excluding carboxylic acids is 2. The van der Waals surface area contributed by atoms with Gasteiger partial charge in [-0.25, -0.2) is 9.59 Å². The first-order chi connectivity index (χ1) is 11.8. The zero-order valence-electron chi connectivity index (χ0n) is 15.8. The van der Waals surface area contributed by atoms with Crippen LogP contribution in [0.3, 0.4) is 0 Å². The summed E-state index contributed by atoms with van der Waals surface area (Å²) >= 11 is 0. The first kappa shape index (κ1) is 21.0. The Labute approximate surface area is 150 Å². The van der Waals surface area contributed by atoms with Gasteiger partial charge in [0.15, 0.2) is 0 Å². The minimum atomic E-state index is -0.727. The number of amides is 1. The van der Waals surface area contributed by atoms with Crippen molar-refractivity contribution in [1.29, 1.82) is 0 Å². The van der Waals surface area contributed by atoms with E-state index >= 15 is 0 Å². The number of esters is 1. The fourth-order valence-corrected chi connectivity index (χ4v) is 2.37. The van der Waals surface area contributed by atoms with Crippen molar-refractivity contribution in [2.24, 2.45) is 0 Å². The van der Waals surface area contributed by atoms with Gasteiger partial charge in [0, 0.05) is 13.7 Å². The summed E-state index contributed by atoms with van der Waals surface area (Å²) in [6, 6.07) is 9.07. The highest BCUT2D eigenvalue weighted by Gasteiger charge is 2.33. The Morgan fingerprint density at radius 2 is 1.76 bits per heavy atom. The van der Waals surface area contributed by atoms with Gasteiger partial charge in [0.05, 0.1) is 13.7 Å². The van der Waals surface area contributed by atoms with Crippen molar-refractivity contribution < 1.29 is 23.8 Å². The van der Waals surface area contributed by atoms with E-state index in [1.54, 1.807) is 27.9 Å². The average Bonchev–Trinajstić information content (AvgIpc) is 2.56. The van der Waals surface area contributed by atoms with Crippen LogP contribution in [0.25, 0.3) is 0 Å². The van der Waals surface area contributed by atoms with Gasteiger partial charge in [0.25, 0.3) is 0 Å². The lowest BCUT2D eigenvalue weighted by Crippen LogP contribution is -2.49. The summed E-state index contributed by atoms with van der Waals surface area (Å²) in [6.07, 6.45) is 0.542. The molecule has 0 aliphatic heterocycles. The molecule has 1 unspecified atom stereocenters. The number of aryl methyl sites for hydroxylation is 1. The van der Waals surface area contributed by atoms with Crippen LogP contribution in [0.15, 0.2) is 30.3 Å². The quantitative estimate of drug-likeness (QED) is 0.674. The van der Waals surface area contributed by atoms with Crippen molar-refractivity contribution in [2.75, 3.05) is 27.4 Å². The molecule has 6 nitrogen and oxygen atoms in total. The number of hydrogen-bond donors (Lipinski definition) is 0. The normalized spacial score (nSPS) is 12.4. The summed E-state index contributed by atoms with van der Waals surface area (Å²) in [5.74, 6) is -0.460. The highest BCUT2D eigenvalue weighted by Crippen LogP contribution is 2.16. The van der Waals surface area contributed by atoms with Gasteiger partial charge in [-0.15, -0.1) is 0 Å². The summed E-state index contributed by atoms with van der Waals surface area (Å²) in [5.41, 5.74) is 0.440. The number of carbonyl (C=O) groups is 2. The van der Waals surface area contributed by atoms with Crippen LogP contribution in [0.4, 0.5) is 4.79 Å². The second-order valence-electron chi connectivity index (χ2n) is 6.73. The van der Waals surface area contributed by atoms with Gasteiger partial charge in [-0.3, -0.25) is 4.90 Å². The van der Waals surface area contributed by atoms with E-state index in [1.165, 1.54) is 12.0 Å². The fourth-order valence-electron chi connectivity index (χ4n) is 2.37. The van der Waals surface area contributed by atoms with Gasteiger partial charge in [0.2, 0.25) is 0 Å². The zero-order chi connectivity index (χ0) is 18.9. The molecule has 1 aromatic rings. The molecule has 0 N–H and O–H groups in total. The molecule has 25 heavy (non-hydrogen) atoms. The molecule has 0 bridgehead atoms. The minimum Gasteiger partial charge on any atom is -0.467 e. The summed E-state index contributed by atoms with van der Waals surface area (Å²) in [4.78, 5) is 26.3. The van der Waals surface area contributed by atoms with Crippen LogP contribution in [-0.2, 0) is 25.4 Å². The highest BCUT2D eigenvalue weighted by atomic mass is 16.6. The Bertz CT molecular complexity index is 538.